The maximum absolute atomic E-state index is 15.1. The largest absolute Gasteiger partial charge is 0.456 e. The van der Waals surface area contributed by atoms with Crippen molar-refractivity contribution < 1.29 is 23.5 Å². The van der Waals surface area contributed by atoms with Gasteiger partial charge >= 0.3 is 0 Å². The molecule has 1 fully saturated rings. The van der Waals surface area contributed by atoms with E-state index in [1.54, 1.807) is 60.5 Å². The first-order valence-corrected chi connectivity index (χ1v) is 13.0. The van der Waals surface area contributed by atoms with E-state index in [-0.39, 0.29) is 34.9 Å². The molecular weight excluding hydrogens is 513 g/mol. The molecule has 1 aliphatic rings. The number of carbonyl (C=O) groups excluding carboxylic acids is 2. The van der Waals surface area contributed by atoms with Crippen LogP contribution >= 0.6 is 0 Å². The van der Waals surface area contributed by atoms with Gasteiger partial charge < -0.3 is 20.1 Å². The minimum Gasteiger partial charge on any atom is -0.456 e. The highest BCUT2D eigenvalue weighted by molar-refractivity contribution is 5.99. The summed E-state index contributed by atoms with van der Waals surface area (Å²) < 4.78 is 28.2. The summed E-state index contributed by atoms with van der Waals surface area (Å²) in [5.41, 5.74) is 1.93. The summed E-state index contributed by atoms with van der Waals surface area (Å²) in [5.74, 6) is -0.404. The molecule has 3 heterocycles. The maximum Gasteiger partial charge on any atom is 0.251 e. The Labute approximate surface area is 231 Å². The minimum absolute atomic E-state index is 0.145. The van der Waals surface area contributed by atoms with Crippen LogP contribution in [0, 0.1) is 12.7 Å². The lowest BCUT2D eigenvalue weighted by Crippen LogP contribution is -2.59. The molecule has 9 nitrogen and oxygen atoms in total. The number of carbonyl (C=O) groups is 2. The Morgan fingerprint density at radius 2 is 1.93 bits per heavy atom. The van der Waals surface area contributed by atoms with E-state index in [0.717, 1.165) is 0 Å². The van der Waals surface area contributed by atoms with E-state index in [1.807, 2.05) is 27.7 Å². The van der Waals surface area contributed by atoms with Crippen LogP contribution in [0.15, 0.2) is 55.0 Å². The third kappa shape index (κ3) is 5.81. The number of amides is 2. The second-order valence-corrected chi connectivity index (χ2v) is 11.4. The Hall–Kier alpha value is -4.31. The van der Waals surface area contributed by atoms with Gasteiger partial charge in [0.2, 0.25) is 5.91 Å². The van der Waals surface area contributed by atoms with Gasteiger partial charge in [0.25, 0.3) is 5.91 Å². The van der Waals surface area contributed by atoms with Crippen molar-refractivity contribution in [1.82, 2.24) is 20.1 Å². The first kappa shape index (κ1) is 27.3. The van der Waals surface area contributed by atoms with Crippen LogP contribution in [0.3, 0.4) is 0 Å². The molecule has 2 aromatic heterocycles. The van der Waals surface area contributed by atoms with Crippen LogP contribution in [0.25, 0.3) is 10.9 Å². The van der Waals surface area contributed by atoms with Crippen molar-refractivity contribution in [2.45, 2.75) is 52.1 Å². The zero-order chi connectivity index (χ0) is 28.7. The molecule has 2 aromatic carbocycles. The topological polar surface area (TPSA) is 107 Å². The Balaban J connectivity index is 1.32. The number of rotatable bonds is 7. The lowest BCUT2D eigenvalue weighted by Gasteiger charge is -2.38. The van der Waals surface area contributed by atoms with Crippen LogP contribution in [0.1, 0.15) is 49.2 Å². The molecule has 0 saturated carbocycles. The summed E-state index contributed by atoms with van der Waals surface area (Å²) in [4.78, 5) is 29.8. The predicted molar refractivity (Wildman–Crippen MR) is 149 cm³/mol. The van der Waals surface area contributed by atoms with Gasteiger partial charge in [0.05, 0.1) is 48.1 Å². The Morgan fingerprint density at radius 3 is 2.60 bits per heavy atom. The number of aryl methyl sites for hydroxylation is 1. The van der Waals surface area contributed by atoms with Gasteiger partial charge in [-0.3, -0.25) is 19.3 Å². The molecule has 5 rings (SSSR count). The maximum atomic E-state index is 15.1. The molecule has 2 amide bonds. The van der Waals surface area contributed by atoms with Crippen molar-refractivity contribution in [2.24, 2.45) is 0 Å². The predicted octanol–water partition coefficient (Wildman–Crippen LogP) is 5.13. The summed E-state index contributed by atoms with van der Waals surface area (Å²) >= 11 is 0. The number of nitrogens with one attached hydrogen (secondary N) is 2. The van der Waals surface area contributed by atoms with E-state index in [4.69, 9.17) is 9.47 Å². The van der Waals surface area contributed by atoms with Gasteiger partial charge in [-0.05, 0) is 76.1 Å². The fourth-order valence-electron chi connectivity index (χ4n) is 4.40. The number of nitrogens with zero attached hydrogens (tertiary/aromatic N) is 3. The summed E-state index contributed by atoms with van der Waals surface area (Å²) in [6, 6.07) is 9.71. The highest BCUT2D eigenvalue weighted by Gasteiger charge is 2.35. The average Bonchev–Trinajstić information content (AvgIpc) is 3.35. The quantitative estimate of drug-likeness (QED) is 0.334. The number of fused-ring (bicyclic) bond motifs is 1. The number of benzene rings is 2. The molecule has 1 aliphatic heterocycles. The second kappa shape index (κ2) is 10.3. The smallest absolute Gasteiger partial charge is 0.251 e. The summed E-state index contributed by atoms with van der Waals surface area (Å²) in [6.45, 7) is 10.7. The van der Waals surface area contributed by atoms with Gasteiger partial charge in [0, 0.05) is 29.4 Å². The molecule has 1 saturated heterocycles. The van der Waals surface area contributed by atoms with Crippen LogP contribution in [-0.4, -0.2) is 45.3 Å². The standard InChI is InChI=1S/C30H32FN5O4/c1-18-10-20(12-27(37)34-21-14-33-36(15-21)29(2,3)4)23(31)13-26(18)40-25-8-9-32-24-7-6-19(11-22(24)25)28(38)35-30(5)16-39-17-30/h6-11,13-15H,12,16-17H2,1-5H3,(H,34,37)(H,35,38). The van der Waals surface area contributed by atoms with Gasteiger partial charge in [-0.1, -0.05) is 0 Å². The van der Waals surface area contributed by atoms with E-state index in [1.165, 1.54) is 6.07 Å². The van der Waals surface area contributed by atoms with E-state index in [0.29, 0.717) is 52.4 Å². The van der Waals surface area contributed by atoms with Gasteiger partial charge in [-0.25, -0.2) is 4.39 Å². The number of aromatic nitrogens is 3. The average molecular weight is 546 g/mol. The molecule has 4 aromatic rings. The second-order valence-electron chi connectivity index (χ2n) is 11.4. The molecular formula is C30H32FN5O4. The molecule has 0 bridgehead atoms. The van der Waals surface area contributed by atoms with Crippen molar-refractivity contribution in [1.29, 1.82) is 0 Å². The van der Waals surface area contributed by atoms with Crippen LogP contribution < -0.4 is 15.4 Å². The lowest BCUT2D eigenvalue weighted by molar-refractivity contribution is -0.115. The third-order valence-corrected chi connectivity index (χ3v) is 6.69. The Morgan fingerprint density at radius 1 is 1.15 bits per heavy atom. The molecule has 0 radical (unpaired) electrons. The van der Waals surface area contributed by atoms with Crippen molar-refractivity contribution in [3.05, 3.63) is 77.5 Å². The summed E-state index contributed by atoms with van der Waals surface area (Å²) in [7, 11) is 0. The Kier molecular flexibility index (Phi) is 7.05. The van der Waals surface area contributed by atoms with Crippen molar-refractivity contribution in [3.8, 4) is 11.5 Å². The van der Waals surface area contributed by atoms with Crippen molar-refractivity contribution in [3.63, 3.8) is 0 Å². The monoisotopic (exact) mass is 545 g/mol. The fraction of sp³-hybridized carbons (Fsp3) is 0.333. The van der Waals surface area contributed by atoms with E-state index >= 15 is 4.39 Å². The zero-order valence-electron chi connectivity index (χ0n) is 23.2. The highest BCUT2D eigenvalue weighted by Crippen LogP contribution is 2.33. The number of pyridine rings is 1. The van der Waals surface area contributed by atoms with Crippen LogP contribution in [0.5, 0.6) is 11.5 Å². The van der Waals surface area contributed by atoms with E-state index in [9.17, 15) is 9.59 Å². The first-order valence-electron chi connectivity index (χ1n) is 13.0. The van der Waals surface area contributed by atoms with Crippen molar-refractivity contribution >= 4 is 28.4 Å². The van der Waals surface area contributed by atoms with Crippen LogP contribution in [-0.2, 0) is 21.5 Å². The van der Waals surface area contributed by atoms with E-state index < -0.39 is 5.82 Å². The van der Waals surface area contributed by atoms with Gasteiger partial charge in [-0.15, -0.1) is 0 Å². The molecule has 0 atom stereocenters. The number of halogens is 1. The number of ether oxygens (including phenoxy) is 2. The molecule has 208 valence electrons. The normalized spacial score (nSPS) is 14.4. The molecule has 40 heavy (non-hydrogen) atoms. The van der Waals surface area contributed by atoms with Gasteiger partial charge in [0.1, 0.15) is 17.3 Å². The molecule has 0 aliphatic carbocycles. The van der Waals surface area contributed by atoms with E-state index in [2.05, 4.69) is 20.7 Å². The third-order valence-electron chi connectivity index (χ3n) is 6.69. The molecule has 0 spiro atoms. The first-order chi connectivity index (χ1) is 18.9. The zero-order valence-corrected chi connectivity index (χ0v) is 23.2. The van der Waals surface area contributed by atoms with Crippen LogP contribution in [0.2, 0.25) is 0 Å². The summed E-state index contributed by atoms with van der Waals surface area (Å²) in [6.07, 6.45) is 4.76. The van der Waals surface area contributed by atoms with Crippen molar-refractivity contribution in [2.75, 3.05) is 18.5 Å². The number of anilines is 1. The minimum atomic E-state index is -0.560. The highest BCUT2D eigenvalue weighted by atomic mass is 19.1. The fourth-order valence-corrected chi connectivity index (χ4v) is 4.40. The molecule has 2 N–H and O–H groups in total. The van der Waals surface area contributed by atoms with Crippen LogP contribution in [0.4, 0.5) is 10.1 Å². The van der Waals surface area contributed by atoms with Gasteiger partial charge in [-0.2, -0.15) is 5.10 Å². The molecule has 0 unspecified atom stereocenters. The SMILES string of the molecule is Cc1cc(CC(=O)Nc2cnn(C(C)(C)C)c2)c(F)cc1Oc1ccnc2ccc(C(=O)NC3(C)COC3)cc12. The number of hydrogen-bond donors (Lipinski definition) is 2. The Bertz CT molecular complexity index is 1600. The molecule has 10 heteroatoms. The number of hydrogen-bond acceptors (Lipinski definition) is 6. The van der Waals surface area contributed by atoms with Gasteiger partial charge in [0.15, 0.2) is 0 Å². The lowest BCUT2D eigenvalue weighted by atomic mass is 9.99. The summed E-state index contributed by atoms with van der Waals surface area (Å²) in [5, 5.41) is 10.6.